The predicted octanol–water partition coefficient (Wildman–Crippen LogP) is 6.16. The van der Waals surface area contributed by atoms with E-state index < -0.39 is 11.6 Å². The fourth-order valence-corrected chi connectivity index (χ4v) is 3.64. The number of halogens is 3. The maximum absolute atomic E-state index is 14.1. The molecule has 0 spiro atoms. The monoisotopic (exact) mass is 320 g/mol. The van der Waals surface area contributed by atoms with E-state index in [0.29, 0.717) is 16.1 Å². The van der Waals surface area contributed by atoms with Gasteiger partial charge in [-0.25, -0.2) is 8.78 Å². The summed E-state index contributed by atoms with van der Waals surface area (Å²) in [7, 11) is 0. The second-order valence-electron chi connectivity index (χ2n) is 4.61. The van der Waals surface area contributed by atoms with Crippen LogP contribution in [0.4, 0.5) is 8.78 Å². The molecule has 0 aliphatic rings. The third-order valence-corrected chi connectivity index (χ3v) is 4.49. The fourth-order valence-electron chi connectivity index (χ4n) is 2.44. The molecule has 0 aliphatic carbocycles. The van der Waals surface area contributed by atoms with Crippen molar-refractivity contribution in [2.24, 2.45) is 0 Å². The third kappa shape index (κ3) is 2.52. The second-order valence-corrected chi connectivity index (χ2v) is 5.84. The van der Waals surface area contributed by atoms with Gasteiger partial charge in [0, 0.05) is 22.1 Å². The van der Waals surface area contributed by atoms with E-state index in [0.717, 1.165) is 21.7 Å². The molecular formula is C17H11ClF2S. The van der Waals surface area contributed by atoms with Crippen molar-refractivity contribution in [3.63, 3.8) is 0 Å². The van der Waals surface area contributed by atoms with Crippen molar-refractivity contribution in [1.29, 1.82) is 0 Å². The van der Waals surface area contributed by atoms with Gasteiger partial charge in [0.25, 0.3) is 0 Å². The van der Waals surface area contributed by atoms with Crippen LogP contribution in [0.2, 0.25) is 5.02 Å². The number of hydrogen-bond acceptors (Lipinski definition) is 1. The lowest BCUT2D eigenvalue weighted by Crippen LogP contribution is -1.91. The van der Waals surface area contributed by atoms with E-state index in [1.165, 1.54) is 23.9 Å². The van der Waals surface area contributed by atoms with Crippen LogP contribution in [0.5, 0.6) is 0 Å². The first-order valence-corrected chi connectivity index (χ1v) is 7.92. The van der Waals surface area contributed by atoms with E-state index >= 15 is 0 Å². The summed E-state index contributed by atoms with van der Waals surface area (Å²) in [4.78, 5) is 0.892. The highest BCUT2D eigenvalue weighted by Crippen LogP contribution is 2.42. The number of thioether (sulfide) groups is 1. The van der Waals surface area contributed by atoms with E-state index in [9.17, 15) is 8.78 Å². The zero-order valence-corrected chi connectivity index (χ0v) is 12.7. The summed E-state index contributed by atoms with van der Waals surface area (Å²) in [5.74, 6) is -1.21. The topological polar surface area (TPSA) is 0 Å². The quantitative estimate of drug-likeness (QED) is 0.509. The molecule has 21 heavy (non-hydrogen) atoms. The first-order chi connectivity index (χ1) is 10.1. The van der Waals surface area contributed by atoms with Crippen LogP contribution in [0, 0.1) is 11.6 Å². The van der Waals surface area contributed by atoms with E-state index in [2.05, 4.69) is 0 Å². The van der Waals surface area contributed by atoms with Gasteiger partial charge in [-0.1, -0.05) is 35.9 Å². The number of hydrogen-bond donors (Lipinski definition) is 0. The van der Waals surface area contributed by atoms with Gasteiger partial charge in [-0.05, 0) is 35.2 Å². The number of fused-ring (bicyclic) bond motifs is 1. The summed E-state index contributed by atoms with van der Waals surface area (Å²) in [5, 5.41) is 2.47. The Hall–Kier alpha value is -1.58. The molecule has 0 amide bonds. The molecule has 0 nitrogen and oxygen atoms in total. The summed E-state index contributed by atoms with van der Waals surface area (Å²) >= 11 is 7.86. The van der Waals surface area contributed by atoms with Crippen LogP contribution in [-0.4, -0.2) is 6.26 Å². The predicted molar refractivity (Wildman–Crippen MR) is 86.1 cm³/mol. The Bertz CT molecular complexity index is 830. The average Bonchev–Trinajstić information content (AvgIpc) is 2.46. The van der Waals surface area contributed by atoms with Gasteiger partial charge < -0.3 is 0 Å². The molecular weight excluding hydrogens is 310 g/mol. The molecule has 0 N–H and O–H groups in total. The van der Waals surface area contributed by atoms with Crippen LogP contribution >= 0.6 is 23.4 Å². The SMILES string of the molecule is CSc1c(-c2ccc(F)cc2F)c(Cl)cc2ccccc12. The standard InChI is InChI=1S/C17H11ClF2S/c1-21-17-12-5-3-2-4-10(12)8-14(18)16(17)13-7-6-11(19)9-15(13)20/h2-9H,1H3. The Kier molecular flexibility index (Phi) is 3.87. The molecule has 3 aromatic carbocycles. The maximum Gasteiger partial charge on any atom is 0.134 e. The summed E-state index contributed by atoms with van der Waals surface area (Å²) < 4.78 is 27.2. The molecule has 0 aliphatic heterocycles. The lowest BCUT2D eigenvalue weighted by Gasteiger charge is -2.14. The average molecular weight is 321 g/mol. The number of rotatable bonds is 2. The Morgan fingerprint density at radius 1 is 1.00 bits per heavy atom. The molecule has 0 unspecified atom stereocenters. The minimum atomic E-state index is -0.609. The molecule has 0 fully saturated rings. The molecule has 0 bridgehead atoms. The smallest absolute Gasteiger partial charge is 0.134 e. The van der Waals surface area contributed by atoms with Crippen LogP contribution in [-0.2, 0) is 0 Å². The Balaban J connectivity index is 2.38. The largest absolute Gasteiger partial charge is 0.207 e. The lowest BCUT2D eigenvalue weighted by molar-refractivity contribution is 0.585. The van der Waals surface area contributed by atoms with E-state index in [1.807, 2.05) is 36.6 Å². The van der Waals surface area contributed by atoms with Crippen LogP contribution in [0.1, 0.15) is 0 Å². The lowest BCUT2D eigenvalue weighted by atomic mass is 10.0. The summed E-state index contributed by atoms with van der Waals surface area (Å²) in [6, 6.07) is 13.2. The van der Waals surface area contributed by atoms with E-state index in [-0.39, 0.29) is 0 Å². The zero-order valence-electron chi connectivity index (χ0n) is 11.2. The van der Waals surface area contributed by atoms with E-state index in [4.69, 9.17) is 11.6 Å². The molecule has 0 saturated carbocycles. The summed E-state index contributed by atoms with van der Waals surface area (Å²) in [6.07, 6.45) is 1.92. The minimum Gasteiger partial charge on any atom is -0.207 e. The van der Waals surface area contributed by atoms with Gasteiger partial charge >= 0.3 is 0 Å². The summed E-state index contributed by atoms with van der Waals surface area (Å²) in [5.41, 5.74) is 0.928. The van der Waals surface area contributed by atoms with Crippen LogP contribution in [0.25, 0.3) is 21.9 Å². The fraction of sp³-hybridized carbons (Fsp3) is 0.0588. The van der Waals surface area contributed by atoms with Crippen LogP contribution in [0.15, 0.2) is 53.4 Å². The normalized spacial score (nSPS) is 11.0. The van der Waals surface area contributed by atoms with Gasteiger partial charge in [-0.2, -0.15) is 0 Å². The van der Waals surface area contributed by atoms with Crippen molar-refractivity contribution in [3.05, 3.63) is 65.2 Å². The second kappa shape index (κ2) is 5.66. The number of benzene rings is 3. The molecule has 3 aromatic rings. The van der Waals surface area contributed by atoms with Crippen molar-refractivity contribution in [2.45, 2.75) is 4.90 Å². The van der Waals surface area contributed by atoms with Crippen molar-refractivity contribution in [1.82, 2.24) is 0 Å². The third-order valence-electron chi connectivity index (χ3n) is 3.36. The first-order valence-electron chi connectivity index (χ1n) is 6.32. The Labute approximate surface area is 130 Å². The Morgan fingerprint density at radius 2 is 1.76 bits per heavy atom. The summed E-state index contributed by atoms with van der Waals surface area (Å²) in [6.45, 7) is 0. The molecule has 106 valence electrons. The van der Waals surface area contributed by atoms with Crippen LogP contribution in [0.3, 0.4) is 0 Å². The molecule has 3 rings (SSSR count). The van der Waals surface area contributed by atoms with Crippen molar-refractivity contribution in [2.75, 3.05) is 6.26 Å². The van der Waals surface area contributed by atoms with Gasteiger partial charge in [0.1, 0.15) is 11.6 Å². The Morgan fingerprint density at radius 3 is 2.48 bits per heavy atom. The van der Waals surface area contributed by atoms with Crippen molar-refractivity contribution in [3.8, 4) is 11.1 Å². The van der Waals surface area contributed by atoms with Crippen LogP contribution < -0.4 is 0 Å². The van der Waals surface area contributed by atoms with Crippen molar-refractivity contribution < 1.29 is 8.78 Å². The highest BCUT2D eigenvalue weighted by molar-refractivity contribution is 7.99. The maximum atomic E-state index is 14.1. The molecule has 0 saturated heterocycles. The van der Waals surface area contributed by atoms with Gasteiger partial charge in [0.05, 0.1) is 5.02 Å². The van der Waals surface area contributed by atoms with Gasteiger partial charge in [0.2, 0.25) is 0 Å². The van der Waals surface area contributed by atoms with Crippen molar-refractivity contribution >= 4 is 34.1 Å². The molecule has 0 radical (unpaired) electrons. The van der Waals surface area contributed by atoms with Gasteiger partial charge in [-0.3, -0.25) is 0 Å². The van der Waals surface area contributed by atoms with E-state index in [1.54, 1.807) is 0 Å². The molecule has 0 heterocycles. The van der Waals surface area contributed by atoms with Gasteiger partial charge in [0.15, 0.2) is 0 Å². The molecule has 0 atom stereocenters. The first kappa shape index (κ1) is 14.4. The highest BCUT2D eigenvalue weighted by atomic mass is 35.5. The molecule has 0 aromatic heterocycles. The zero-order chi connectivity index (χ0) is 15.0. The highest BCUT2D eigenvalue weighted by Gasteiger charge is 2.17. The van der Waals surface area contributed by atoms with Gasteiger partial charge in [-0.15, -0.1) is 11.8 Å². The minimum absolute atomic E-state index is 0.316. The molecule has 4 heteroatoms.